The van der Waals surface area contributed by atoms with Crippen LogP contribution < -0.4 is 26.0 Å². The Labute approximate surface area is 206 Å². The van der Waals surface area contributed by atoms with Crippen LogP contribution in [-0.2, 0) is 6.18 Å². The Morgan fingerprint density at radius 3 is 2.44 bits per heavy atom. The number of anilines is 4. The Bertz CT molecular complexity index is 1210. The molecule has 0 aliphatic carbocycles. The smallest absolute Gasteiger partial charge is 0.418 e. The fourth-order valence-corrected chi connectivity index (χ4v) is 3.84. The Kier molecular flexibility index (Phi) is 7.44. The van der Waals surface area contributed by atoms with Crippen molar-refractivity contribution in [3.63, 3.8) is 0 Å². The van der Waals surface area contributed by atoms with Crippen LogP contribution in [0.1, 0.15) is 12.0 Å². The zero-order chi connectivity index (χ0) is 25.7. The average molecular weight is 502 g/mol. The van der Waals surface area contributed by atoms with E-state index in [1.54, 1.807) is 35.2 Å². The molecular weight excluding hydrogens is 475 g/mol. The first-order chi connectivity index (χ1) is 17.2. The number of nitrogens with two attached hydrogens (primary N) is 1. The van der Waals surface area contributed by atoms with E-state index in [0.717, 1.165) is 19.0 Å². The third-order valence-electron chi connectivity index (χ3n) is 5.60. The molecule has 9 nitrogen and oxygen atoms in total. The quantitative estimate of drug-likeness (QED) is 0.467. The van der Waals surface area contributed by atoms with Gasteiger partial charge in [0, 0.05) is 49.0 Å². The zero-order valence-electron chi connectivity index (χ0n) is 19.5. The summed E-state index contributed by atoms with van der Waals surface area (Å²) in [5, 5.41) is 5.07. The summed E-state index contributed by atoms with van der Waals surface area (Å²) in [6, 6.07) is 11.1. The van der Waals surface area contributed by atoms with E-state index < -0.39 is 17.8 Å². The minimum Gasteiger partial charge on any atom is -0.439 e. The van der Waals surface area contributed by atoms with E-state index in [1.165, 1.54) is 18.3 Å². The van der Waals surface area contributed by atoms with E-state index in [-0.39, 0.29) is 23.2 Å². The summed E-state index contributed by atoms with van der Waals surface area (Å²) < 4.78 is 47.2. The molecule has 1 aromatic heterocycles. The molecule has 2 aromatic carbocycles. The number of nitrogen functional groups attached to an aromatic ring is 1. The standard InChI is InChI=1S/C24H26F3N7O2/c1-33-11-2-12-34(14-13-33)20-8-5-17(15-19(20)24(25,26)27)31-23(35)30-16-3-6-18(7-4-16)36-21-9-10-29-22(28)32-21/h3-10,15H,2,11-14H2,1H3,(H2,28,29,32)(H2,30,31,35). The van der Waals surface area contributed by atoms with Gasteiger partial charge in [-0.25, -0.2) is 9.78 Å². The van der Waals surface area contributed by atoms with Crippen LogP contribution in [0.4, 0.5) is 41.0 Å². The SMILES string of the molecule is CN1CCCN(c2ccc(NC(=O)Nc3ccc(Oc4ccnc(N)n4)cc3)cc2C(F)(F)F)CC1. The van der Waals surface area contributed by atoms with Gasteiger partial charge in [-0.2, -0.15) is 18.2 Å². The number of carbonyl (C=O) groups excluding carboxylic acids is 1. The van der Waals surface area contributed by atoms with Crippen LogP contribution in [0.5, 0.6) is 11.6 Å². The number of carbonyl (C=O) groups is 1. The van der Waals surface area contributed by atoms with E-state index in [0.29, 0.717) is 31.1 Å². The van der Waals surface area contributed by atoms with Crippen molar-refractivity contribution in [3.05, 3.63) is 60.3 Å². The number of amides is 2. The molecule has 0 radical (unpaired) electrons. The van der Waals surface area contributed by atoms with Crippen molar-refractivity contribution in [3.8, 4) is 11.6 Å². The van der Waals surface area contributed by atoms with Crippen LogP contribution in [0.15, 0.2) is 54.7 Å². The predicted octanol–water partition coefficient (Wildman–Crippen LogP) is 4.66. The monoisotopic (exact) mass is 501 g/mol. The lowest BCUT2D eigenvalue weighted by Crippen LogP contribution is -2.30. The fourth-order valence-electron chi connectivity index (χ4n) is 3.84. The first kappa shape index (κ1) is 25.0. The molecule has 1 fully saturated rings. The summed E-state index contributed by atoms with van der Waals surface area (Å²) >= 11 is 0. The topological polar surface area (TPSA) is 109 Å². The summed E-state index contributed by atoms with van der Waals surface area (Å²) in [5.74, 6) is 0.782. The first-order valence-corrected chi connectivity index (χ1v) is 11.3. The van der Waals surface area contributed by atoms with E-state index in [2.05, 4.69) is 25.5 Å². The molecule has 0 spiro atoms. The van der Waals surface area contributed by atoms with E-state index in [4.69, 9.17) is 10.5 Å². The van der Waals surface area contributed by atoms with Crippen molar-refractivity contribution < 1.29 is 22.7 Å². The largest absolute Gasteiger partial charge is 0.439 e. The number of nitrogens with one attached hydrogen (secondary N) is 2. The molecule has 2 heterocycles. The number of rotatable bonds is 5. The van der Waals surface area contributed by atoms with Crippen molar-refractivity contribution in [2.24, 2.45) is 0 Å². The van der Waals surface area contributed by atoms with E-state index >= 15 is 0 Å². The summed E-state index contributed by atoms with van der Waals surface area (Å²) in [6.07, 6.45) is -2.33. The van der Waals surface area contributed by atoms with Gasteiger partial charge in [-0.1, -0.05) is 0 Å². The van der Waals surface area contributed by atoms with Gasteiger partial charge in [0.1, 0.15) is 5.75 Å². The van der Waals surface area contributed by atoms with Gasteiger partial charge in [0.2, 0.25) is 11.8 Å². The van der Waals surface area contributed by atoms with Gasteiger partial charge in [0.05, 0.1) is 5.56 Å². The van der Waals surface area contributed by atoms with Crippen molar-refractivity contribution in [1.29, 1.82) is 0 Å². The second kappa shape index (κ2) is 10.7. The van der Waals surface area contributed by atoms with Gasteiger partial charge < -0.3 is 30.9 Å². The number of urea groups is 1. The molecule has 1 saturated heterocycles. The van der Waals surface area contributed by atoms with Crippen LogP contribution >= 0.6 is 0 Å². The fraction of sp³-hybridized carbons (Fsp3) is 0.292. The second-order valence-corrected chi connectivity index (χ2v) is 8.33. The first-order valence-electron chi connectivity index (χ1n) is 11.3. The number of benzene rings is 2. The molecule has 36 heavy (non-hydrogen) atoms. The van der Waals surface area contributed by atoms with Gasteiger partial charge >= 0.3 is 12.2 Å². The molecule has 0 saturated carbocycles. The number of hydrogen-bond donors (Lipinski definition) is 3. The maximum absolute atomic E-state index is 13.9. The van der Waals surface area contributed by atoms with Crippen molar-refractivity contribution >= 4 is 29.0 Å². The number of alkyl halides is 3. The molecule has 0 unspecified atom stereocenters. The molecule has 1 aliphatic heterocycles. The molecule has 1 aliphatic rings. The number of halogens is 3. The minimum atomic E-state index is -4.56. The van der Waals surface area contributed by atoms with Crippen LogP contribution in [0.3, 0.4) is 0 Å². The summed E-state index contributed by atoms with van der Waals surface area (Å²) in [5.41, 5.74) is 5.32. The van der Waals surface area contributed by atoms with Gasteiger partial charge in [0.15, 0.2) is 0 Å². The summed E-state index contributed by atoms with van der Waals surface area (Å²) in [6.45, 7) is 2.54. The molecular formula is C24H26F3N7O2. The molecule has 3 aromatic rings. The Hall–Kier alpha value is -4.06. The maximum Gasteiger partial charge on any atom is 0.418 e. The molecule has 2 amide bonds. The number of likely N-dealkylation sites (N-methyl/N-ethyl adjacent to an activating group) is 1. The highest BCUT2D eigenvalue weighted by molar-refractivity contribution is 6.00. The molecule has 0 atom stereocenters. The van der Waals surface area contributed by atoms with Crippen LogP contribution in [0, 0.1) is 0 Å². The van der Waals surface area contributed by atoms with Crippen LogP contribution in [0.25, 0.3) is 0 Å². The van der Waals surface area contributed by atoms with Gasteiger partial charge in [-0.15, -0.1) is 0 Å². The third kappa shape index (κ3) is 6.54. The Balaban J connectivity index is 1.42. The molecule has 190 valence electrons. The lowest BCUT2D eigenvalue weighted by atomic mass is 10.1. The van der Waals surface area contributed by atoms with Crippen molar-refractivity contribution in [1.82, 2.24) is 14.9 Å². The van der Waals surface area contributed by atoms with E-state index in [9.17, 15) is 18.0 Å². The highest BCUT2D eigenvalue weighted by Gasteiger charge is 2.35. The molecule has 4 N–H and O–H groups in total. The normalized spacial score (nSPS) is 14.7. The number of ether oxygens (including phenoxy) is 1. The lowest BCUT2D eigenvalue weighted by molar-refractivity contribution is -0.137. The average Bonchev–Trinajstić information content (AvgIpc) is 3.04. The summed E-state index contributed by atoms with van der Waals surface area (Å²) in [4.78, 5) is 24.0. The Morgan fingerprint density at radius 2 is 1.72 bits per heavy atom. The van der Waals surface area contributed by atoms with Gasteiger partial charge in [-0.3, -0.25) is 0 Å². The maximum atomic E-state index is 13.9. The lowest BCUT2D eigenvalue weighted by Gasteiger charge is -2.27. The molecule has 12 heteroatoms. The predicted molar refractivity (Wildman–Crippen MR) is 131 cm³/mol. The second-order valence-electron chi connectivity index (χ2n) is 8.33. The number of aromatic nitrogens is 2. The van der Waals surface area contributed by atoms with Crippen LogP contribution in [0.2, 0.25) is 0 Å². The molecule has 0 bridgehead atoms. The zero-order valence-corrected chi connectivity index (χ0v) is 19.5. The van der Waals surface area contributed by atoms with Gasteiger partial charge in [0.25, 0.3) is 0 Å². The summed E-state index contributed by atoms with van der Waals surface area (Å²) in [7, 11) is 1.95. The van der Waals surface area contributed by atoms with Crippen molar-refractivity contribution in [2.45, 2.75) is 12.6 Å². The van der Waals surface area contributed by atoms with Gasteiger partial charge in [-0.05, 0) is 62.5 Å². The Morgan fingerprint density at radius 1 is 1.00 bits per heavy atom. The van der Waals surface area contributed by atoms with Crippen LogP contribution in [-0.4, -0.2) is 54.1 Å². The highest BCUT2D eigenvalue weighted by Crippen LogP contribution is 2.38. The highest BCUT2D eigenvalue weighted by atomic mass is 19.4. The number of hydrogen-bond acceptors (Lipinski definition) is 7. The van der Waals surface area contributed by atoms with E-state index in [1.807, 2.05) is 7.05 Å². The minimum absolute atomic E-state index is 0.0387. The third-order valence-corrected chi connectivity index (χ3v) is 5.60. The molecule has 4 rings (SSSR count). The number of nitrogens with zero attached hydrogens (tertiary/aromatic N) is 4. The van der Waals surface area contributed by atoms with Crippen molar-refractivity contribution in [2.75, 3.05) is 54.5 Å².